The Labute approximate surface area is 72.3 Å². The maximum absolute atomic E-state index is 5.65. The highest BCUT2D eigenvalue weighted by molar-refractivity contribution is 5.39. The maximum atomic E-state index is 5.65. The van der Waals surface area contributed by atoms with Crippen molar-refractivity contribution in [1.82, 2.24) is 9.78 Å². The summed E-state index contributed by atoms with van der Waals surface area (Å²) in [6.45, 7) is 4.65. The fraction of sp³-hybridized carbons (Fsp3) is 0.625. The van der Waals surface area contributed by atoms with Crippen molar-refractivity contribution in [2.75, 3.05) is 19.5 Å². The Morgan fingerprint density at radius 1 is 1.75 bits per heavy atom. The van der Waals surface area contributed by atoms with Crippen LogP contribution >= 0.6 is 0 Å². The fourth-order valence-corrected chi connectivity index (χ4v) is 1.19. The van der Waals surface area contributed by atoms with Crippen LogP contribution in [0.1, 0.15) is 18.7 Å². The van der Waals surface area contributed by atoms with Gasteiger partial charge in [-0.05, 0) is 13.8 Å². The van der Waals surface area contributed by atoms with E-state index in [4.69, 9.17) is 10.5 Å². The molecule has 1 aromatic heterocycles. The molecule has 0 radical (unpaired) electrons. The van der Waals surface area contributed by atoms with Crippen LogP contribution in [0.4, 0.5) is 5.69 Å². The maximum Gasteiger partial charge on any atom is 0.0730 e. The Morgan fingerprint density at radius 3 is 2.83 bits per heavy atom. The van der Waals surface area contributed by atoms with Gasteiger partial charge < -0.3 is 10.5 Å². The summed E-state index contributed by atoms with van der Waals surface area (Å²) in [6.07, 6.45) is 1.67. The second-order valence-electron chi connectivity index (χ2n) is 2.93. The van der Waals surface area contributed by atoms with E-state index in [-0.39, 0.29) is 6.04 Å². The van der Waals surface area contributed by atoms with Crippen molar-refractivity contribution in [3.8, 4) is 0 Å². The highest BCUT2D eigenvalue weighted by Crippen LogP contribution is 2.14. The molecule has 0 spiro atoms. The number of nitrogens with two attached hydrogens (primary N) is 1. The SMILES string of the molecule is COCC(C)n1ncc(N)c1C. The van der Waals surface area contributed by atoms with Crippen LogP contribution in [0.5, 0.6) is 0 Å². The van der Waals surface area contributed by atoms with Crippen LogP contribution in [-0.2, 0) is 4.74 Å². The molecular formula is C8H15N3O. The number of anilines is 1. The number of hydrogen-bond donors (Lipinski definition) is 1. The van der Waals surface area contributed by atoms with E-state index >= 15 is 0 Å². The van der Waals surface area contributed by atoms with Crippen molar-refractivity contribution in [1.29, 1.82) is 0 Å². The zero-order valence-electron chi connectivity index (χ0n) is 7.74. The molecule has 1 atom stereocenters. The smallest absolute Gasteiger partial charge is 0.0730 e. The van der Waals surface area contributed by atoms with Gasteiger partial charge in [0.05, 0.1) is 30.2 Å². The minimum Gasteiger partial charge on any atom is -0.396 e. The summed E-state index contributed by atoms with van der Waals surface area (Å²) >= 11 is 0. The number of methoxy groups -OCH3 is 1. The van der Waals surface area contributed by atoms with Crippen molar-refractivity contribution in [3.05, 3.63) is 11.9 Å². The molecule has 1 aromatic rings. The van der Waals surface area contributed by atoms with Crippen molar-refractivity contribution < 1.29 is 4.74 Å². The van der Waals surface area contributed by atoms with Gasteiger partial charge >= 0.3 is 0 Å². The molecule has 4 heteroatoms. The number of aromatic nitrogens is 2. The summed E-state index contributed by atoms with van der Waals surface area (Å²) in [7, 11) is 1.68. The molecule has 0 aliphatic carbocycles. The first-order valence-corrected chi connectivity index (χ1v) is 3.95. The standard InChI is InChI=1S/C8H15N3O/c1-6(5-12-3)11-7(2)8(9)4-10-11/h4,6H,5,9H2,1-3H3. The summed E-state index contributed by atoms with van der Waals surface area (Å²) in [6, 6.07) is 0.243. The lowest BCUT2D eigenvalue weighted by molar-refractivity contribution is 0.156. The van der Waals surface area contributed by atoms with Crippen LogP contribution in [0.2, 0.25) is 0 Å². The summed E-state index contributed by atoms with van der Waals surface area (Å²) in [5.41, 5.74) is 7.38. The van der Waals surface area contributed by atoms with Crippen LogP contribution in [0.15, 0.2) is 6.20 Å². The van der Waals surface area contributed by atoms with E-state index in [2.05, 4.69) is 5.10 Å². The molecular weight excluding hydrogens is 154 g/mol. The Morgan fingerprint density at radius 2 is 2.42 bits per heavy atom. The van der Waals surface area contributed by atoms with Gasteiger partial charge in [0.15, 0.2) is 0 Å². The third-order valence-corrected chi connectivity index (χ3v) is 1.91. The summed E-state index contributed by atoms with van der Waals surface area (Å²) < 4.78 is 6.89. The normalized spacial score (nSPS) is 13.2. The second-order valence-corrected chi connectivity index (χ2v) is 2.93. The summed E-state index contributed by atoms with van der Waals surface area (Å²) in [4.78, 5) is 0. The molecule has 2 N–H and O–H groups in total. The molecule has 0 amide bonds. The van der Waals surface area contributed by atoms with Gasteiger partial charge in [0.1, 0.15) is 0 Å². The van der Waals surface area contributed by atoms with E-state index in [1.54, 1.807) is 13.3 Å². The van der Waals surface area contributed by atoms with E-state index in [0.29, 0.717) is 6.61 Å². The van der Waals surface area contributed by atoms with Crippen molar-refractivity contribution in [2.24, 2.45) is 0 Å². The zero-order chi connectivity index (χ0) is 9.14. The molecule has 0 bridgehead atoms. The molecule has 0 saturated carbocycles. The Bertz CT molecular complexity index is 257. The Hall–Kier alpha value is -1.03. The third-order valence-electron chi connectivity index (χ3n) is 1.91. The molecule has 0 fully saturated rings. The monoisotopic (exact) mass is 169 g/mol. The molecule has 0 aliphatic heterocycles. The van der Waals surface area contributed by atoms with Crippen molar-refractivity contribution in [3.63, 3.8) is 0 Å². The second kappa shape index (κ2) is 3.58. The van der Waals surface area contributed by atoms with E-state index in [9.17, 15) is 0 Å². The van der Waals surface area contributed by atoms with Crippen LogP contribution in [0.25, 0.3) is 0 Å². The average Bonchev–Trinajstić information content (AvgIpc) is 2.34. The first-order chi connectivity index (χ1) is 5.66. The molecule has 0 saturated heterocycles. The van der Waals surface area contributed by atoms with Crippen molar-refractivity contribution in [2.45, 2.75) is 19.9 Å². The summed E-state index contributed by atoms with van der Waals surface area (Å²) in [5, 5.41) is 4.15. The lowest BCUT2D eigenvalue weighted by Crippen LogP contribution is -2.13. The first kappa shape index (κ1) is 9.06. The van der Waals surface area contributed by atoms with Gasteiger partial charge in [-0.15, -0.1) is 0 Å². The Kier molecular flexibility index (Phi) is 2.70. The van der Waals surface area contributed by atoms with Crippen molar-refractivity contribution >= 4 is 5.69 Å². The number of nitrogen functional groups attached to an aromatic ring is 1. The van der Waals surface area contributed by atoms with Gasteiger partial charge in [0.25, 0.3) is 0 Å². The van der Waals surface area contributed by atoms with Gasteiger partial charge in [-0.25, -0.2) is 0 Å². The molecule has 68 valence electrons. The predicted octanol–water partition coefficient (Wildman–Crippen LogP) is 0.981. The largest absolute Gasteiger partial charge is 0.396 e. The molecule has 0 aromatic carbocycles. The fourth-order valence-electron chi connectivity index (χ4n) is 1.19. The minimum atomic E-state index is 0.243. The van der Waals surface area contributed by atoms with Gasteiger partial charge in [-0.1, -0.05) is 0 Å². The molecule has 0 aliphatic rings. The zero-order valence-corrected chi connectivity index (χ0v) is 7.74. The van der Waals surface area contributed by atoms with Crippen LogP contribution in [0, 0.1) is 6.92 Å². The van der Waals surface area contributed by atoms with Gasteiger partial charge in [-0.2, -0.15) is 5.10 Å². The summed E-state index contributed by atoms with van der Waals surface area (Å²) in [5.74, 6) is 0. The highest BCUT2D eigenvalue weighted by atomic mass is 16.5. The van der Waals surface area contributed by atoms with E-state index in [1.807, 2.05) is 18.5 Å². The molecule has 4 nitrogen and oxygen atoms in total. The van der Waals surface area contributed by atoms with Gasteiger partial charge in [-0.3, -0.25) is 4.68 Å². The average molecular weight is 169 g/mol. The molecule has 1 heterocycles. The first-order valence-electron chi connectivity index (χ1n) is 3.95. The minimum absolute atomic E-state index is 0.243. The van der Waals surface area contributed by atoms with Gasteiger partial charge in [0.2, 0.25) is 0 Å². The molecule has 1 rings (SSSR count). The topological polar surface area (TPSA) is 53.1 Å². The van der Waals surface area contributed by atoms with E-state index < -0.39 is 0 Å². The van der Waals surface area contributed by atoms with Crippen LogP contribution in [-0.4, -0.2) is 23.5 Å². The van der Waals surface area contributed by atoms with E-state index in [1.165, 1.54) is 0 Å². The van der Waals surface area contributed by atoms with Crippen LogP contribution < -0.4 is 5.73 Å². The number of rotatable bonds is 3. The molecule has 1 unspecified atom stereocenters. The predicted molar refractivity (Wildman–Crippen MR) is 48.0 cm³/mol. The highest BCUT2D eigenvalue weighted by Gasteiger charge is 2.09. The molecule has 12 heavy (non-hydrogen) atoms. The third kappa shape index (κ3) is 1.58. The quantitative estimate of drug-likeness (QED) is 0.733. The Balaban J connectivity index is 2.80. The lowest BCUT2D eigenvalue weighted by atomic mass is 10.3. The van der Waals surface area contributed by atoms with E-state index in [0.717, 1.165) is 11.4 Å². The van der Waals surface area contributed by atoms with Crippen LogP contribution in [0.3, 0.4) is 0 Å². The van der Waals surface area contributed by atoms with Gasteiger partial charge in [0, 0.05) is 7.11 Å². The number of nitrogens with zero attached hydrogens (tertiary/aromatic N) is 2. The number of hydrogen-bond acceptors (Lipinski definition) is 3. The number of ether oxygens (including phenoxy) is 1. The lowest BCUT2D eigenvalue weighted by Gasteiger charge is -2.12.